The van der Waals surface area contributed by atoms with Gasteiger partial charge in [0.25, 0.3) is 5.56 Å². The van der Waals surface area contributed by atoms with Gasteiger partial charge in [0.15, 0.2) is 0 Å². The highest BCUT2D eigenvalue weighted by atomic mass is 32.1. The second-order valence-corrected chi connectivity index (χ2v) is 9.49. The molecule has 0 saturated carbocycles. The van der Waals surface area contributed by atoms with E-state index in [1.807, 2.05) is 6.92 Å². The lowest BCUT2D eigenvalue weighted by Crippen LogP contribution is -2.43. The first-order valence-corrected chi connectivity index (χ1v) is 12.3. The van der Waals surface area contributed by atoms with Gasteiger partial charge in [-0.3, -0.25) is 14.6 Å². The van der Waals surface area contributed by atoms with E-state index in [-0.39, 0.29) is 5.56 Å². The zero-order chi connectivity index (χ0) is 21.6. The van der Waals surface area contributed by atoms with Crippen molar-refractivity contribution >= 4 is 21.6 Å². The Kier molecular flexibility index (Phi) is 8.08. The minimum absolute atomic E-state index is 0.0256. The number of fused-ring (bicyclic) bond motifs is 3. The zero-order valence-corrected chi connectivity index (χ0v) is 19.2. The maximum Gasteiger partial charge on any atom is 0.259 e. The molecule has 1 atom stereocenters. The monoisotopic (exact) mass is 450 g/mol. The fourth-order valence-corrected chi connectivity index (χ4v) is 5.72. The van der Waals surface area contributed by atoms with E-state index in [9.17, 15) is 9.90 Å². The first-order valence-electron chi connectivity index (χ1n) is 11.5. The normalized spacial score (nSPS) is 18.5. The Hall–Kier alpha value is -1.36. The molecule has 0 bridgehead atoms. The van der Waals surface area contributed by atoms with Crippen LogP contribution in [0.4, 0.5) is 0 Å². The third-order valence-electron chi connectivity index (χ3n) is 6.07. The third-order valence-corrected chi connectivity index (χ3v) is 7.25. The van der Waals surface area contributed by atoms with Gasteiger partial charge < -0.3 is 19.6 Å². The molecule has 2 N–H and O–H groups in total. The smallest absolute Gasteiger partial charge is 0.259 e. The van der Waals surface area contributed by atoms with Gasteiger partial charge in [-0.1, -0.05) is 0 Å². The van der Waals surface area contributed by atoms with Crippen LogP contribution in [0.2, 0.25) is 0 Å². The predicted molar refractivity (Wildman–Crippen MR) is 122 cm³/mol. The number of morpholine rings is 1. The number of aliphatic hydroxyl groups excluding tert-OH is 1. The molecule has 1 aliphatic heterocycles. The maximum absolute atomic E-state index is 12.9. The molecule has 0 spiro atoms. The number of aromatic amines is 1. The van der Waals surface area contributed by atoms with E-state index in [2.05, 4.69) is 14.8 Å². The molecule has 0 aromatic carbocycles. The van der Waals surface area contributed by atoms with Crippen LogP contribution in [0.15, 0.2) is 4.79 Å². The molecule has 8 nitrogen and oxygen atoms in total. The molecule has 0 amide bonds. The van der Waals surface area contributed by atoms with Gasteiger partial charge in [0.05, 0.1) is 37.9 Å². The van der Waals surface area contributed by atoms with Crippen LogP contribution in [-0.4, -0.2) is 90.1 Å². The molecule has 2 aromatic rings. The Morgan fingerprint density at radius 3 is 2.94 bits per heavy atom. The van der Waals surface area contributed by atoms with E-state index in [1.54, 1.807) is 11.3 Å². The maximum atomic E-state index is 12.9. The van der Waals surface area contributed by atoms with Crippen LogP contribution < -0.4 is 5.56 Å². The van der Waals surface area contributed by atoms with Gasteiger partial charge in [-0.25, -0.2) is 4.98 Å². The van der Waals surface area contributed by atoms with Crippen molar-refractivity contribution in [2.24, 2.45) is 0 Å². The number of aliphatic hydroxyl groups is 1. The molecule has 1 saturated heterocycles. The van der Waals surface area contributed by atoms with Gasteiger partial charge >= 0.3 is 0 Å². The molecule has 2 aromatic heterocycles. The minimum atomic E-state index is -0.575. The lowest BCUT2D eigenvalue weighted by molar-refractivity contribution is 0.00942. The Morgan fingerprint density at radius 2 is 2.13 bits per heavy atom. The molecule has 9 heteroatoms. The lowest BCUT2D eigenvalue weighted by Gasteiger charge is -2.30. The van der Waals surface area contributed by atoms with E-state index in [0.717, 1.165) is 68.9 Å². The number of H-pyrrole nitrogens is 1. The molecule has 0 radical (unpaired) electrons. The van der Waals surface area contributed by atoms with Crippen molar-refractivity contribution in [1.29, 1.82) is 0 Å². The fraction of sp³-hybridized carbons (Fsp3) is 0.727. The van der Waals surface area contributed by atoms with Crippen molar-refractivity contribution in [3.05, 3.63) is 26.6 Å². The third kappa shape index (κ3) is 5.91. The molecule has 172 valence electrons. The standard InChI is InChI=1S/C22H34N4O4S/c1-2-29-15-16(27)13-26(8-7-25-9-11-30-12-10-25)14-19-23-21(28)20-17-5-3-4-6-18(17)31-22(20)24-19/h16,27H,2-15H2,1H3,(H,23,24,28). The summed E-state index contributed by atoms with van der Waals surface area (Å²) in [6, 6.07) is 0. The van der Waals surface area contributed by atoms with Crippen molar-refractivity contribution in [3.8, 4) is 0 Å². The van der Waals surface area contributed by atoms with E-state index in [0.29, 0.717) is 32.1 Å². The van der Waals surface area contributed by atoms with Crippen molar-refractivity contribution in [1.82, 2.24) is 19.8 Å². The highest BCUT2D eigenvalue weighted by Gasteiger charge is 2.21. The quantitative estimate of drug-likeness (QED) is 0.565. The summed E-state index contributed by atoms with van der Waals surface area (Å²) < 4.78 is 10.8. The molecule has 1 unspecified atom stereocenters. The summed E-state index contributed by atoms with van der Waals surface area (Å²) in [5, 5.41) is 11.2. The molecule has 3 heterocycles. The zero-order valence-electron chi connectivity index (χ0n) is 18.4. The van der Waals surface area contributed by atoms with E-state index >= 15 is 0 Å². The van der Waals surface area contributed by atoms with Crippen LogP contribution >= 0.6 is 11.3 Å². The van der Waals surface area contributed by atoms with Crippen molar-refractivity contribution in [2.75, 3.05) is 59.2 Å². The summed E-state index contributed by atoms with van der Waals surface area (Å²) >= 11 is 1.68. The van der Waals surface area contributed by atoms with Gasteiger partial charge in [0, 0.05) is 44.2 Å². The summed E-state index contributed by atoms with van der Waals surface area (Å²) in [5.74, 6) is 0.668. The number of hydrogen-bond acceptors (Lipinski definition) is 8. The fourth-order valence-electron chi connectivity index (χ4n) is 4.44. The predicted octanol–water partition coefficient (Wildman–Crippen LogP) is 1.39. The van der Waals surface area contributed by atoms with Crippen molar-refractivity contribution < 1.29 is 14.6 Å². The number of aromatic nitrogens is 2. The molecule has 31 heavy (non-hydrogen) atoms. The van der Waals surface area contributed by atoms with Crippen LogP contribution in [0, 0.1) is 0 Å². The SMILES string of the molecule is CCOCC(O)CN(CCN1CCOCC1)Cc1nc2sc3c(c2c(=O)[nH]1)CCCC3. The molecule has 2 aliphatic rings. The number of ether oxygens (including phenoxy) is 2. The number of nitrogens with one attached hydrogen (secondary N) is 1. The van der Waals surface area contributed by atoms with Crippen LogP contribution in [0.3, 0.4) is 0 Å². The summed E-state index contributed by atoms with van der Waals surface area (Å²) in [4.78, 5) is 27.4. The van der Waals surface area contributed by atoms with Crippen LogP contribution in [0.5, 0.6) is 0 Å². The average molecular weight is 451 g/mol. The van der Waals surface area contributed by atoms with E-state index < -0.39 is 6.10 Å². The van der Waals surface area contributed by atoms with Gasteiger partial charge in [-0.15, -0.1) is 11.3 Å². The lowest BCUT2D eigenvalue weighted by atomic mass is 9.97. The number of aryl methyl sites for hydroxylation is 2. The van der Waals surface area contributed by atoms with Gasteiger partial charge in [-0.2, -0.15) is 0 Å². The van der Waals surface area contributed by atoms with Crippen LogP contribution in [0.1, 0.15) is 36.0 Å². The highest BCUT2D eigenvalue weighted by Crippen LogP contribution is 2.33. The first kappa shape index (κ1) is 22.8. The minimum Gasteiger partial charge on any atom is -0.389 e. The summed E-state index contributed by atoms with van der Waals surface area (Å²) in [5.41, 5.74) is 1.19. The highest BCUT2D eigenvalue weighted by molar-refractivity contribution is 7.18. The van der Waals surface area contributed by atoms with Crippen LogP contribution in [0.25, 0.3) is 10.2 Å². The Bertz CT molecular complexity index is 909. The molecular formula is C22H34N4O4S. The molecule has 1 aliphatic carbocycles. The van der Waals surface area contributed by atoms with E-state index in [1.165, 1.54) is 16.9 Å². The number of thiophene rings is 1. The van der Waals surface area contributed by atoms with E-state index in [4.69, 9.17) is 14.5 Å². The van der Waals surface area contributed by atoms with Gasteiger partial charge in [0.2, 0.25) is 0 Å². The van der Waals surface area contributed by atoms with Crippen LogP contribution in [-0.2, 0) is 28.9 Å². The number of nitrogens with zero attached hydrogens (tertiary/aromatic N) is 3. The summed E-state index contributed by atoms with van der Waals surface area (Å²) in [6.07, 6.45) is 3.80. The largest absolute Gasteiger partial charge is 0.389 e. The number of rotatable bonds is 10. The first-order chi connectivity index (χ1) is 15.1. The number of hydrogen-bond donors (Lipinski definition) is 2. The Labute approximate surface area is 187 Å². The topological polar surface area (TPSA) is 90.9 Å². The summed E-state index contributed by atoms with van der Waals surface area (Å²) in [7, 11) is 0. The summed E-state index contributed by atoms with van der Waals surface area (Å²) in [6.45, 7) is 8.86. The van der Waals surface area contributed by atoms with Crippen molar-refractivity contribution in [3.63, 3.8) is 0 Å². The van der Waals surface area contributed by atoms with Crippen molar-refractivity contribution in [2.45, 2.75) is 45.3 Å². The Balaban J connectivity index is 1.48. The molecule has 1 fully saturated rings. The Morgan fingerprint density at radius 1 is 1.32 bits per heavy atom. The second kappa shape index (κ2) is 11.0. The van der Waals surface area contributed by atoms with Gasteiger partial charge in [0.1, 0.15) is 10.7 Å². The van der Waals surface area contributed by atoms with Gasteiger partial charge in [-0.05, 0) is 38.2 Å². The second-order valence-electron chi connectivity index (χ2n) is 8.41. The molecule has 4 rings (SSSR count). The average Bonchev–Trinajstić information content (AvgIpc) is 3.15. The molecular weight excluding hydrogens is 416 g/mol.